The molecule has 0 saturated heterocycles. The van der Waals surface area contributed by atoms with Crippen molar-refractivity contribution in [3.8, 4) is 0 Å². The molecule has 2 saturated carbocycles. The van der Waals surface area contributed by atoms with E-state index in [4.69, 9.17) is 0 Å². The maximum Gasteiger partial charge on any atom is -0.00205 e. The molecule has 1 nitrogen and oxygen atoms in total. The third-order valence-electron chi connectivity index (χ3n) is 3.33. The van der Waals surface area contributed by atoms with Crippen LogP contribution in [0, 0.1) is 11.8 Å². The van der Waals surface area contributed by atoms with Crippen LogP contribution in [0.15, 0.2) is 0 Å². The maximum atomic E-state index is 3.60. The highest BCUT2D eigenvalue weighted by atomic mass is 14.9. The molecule has 1 heteroatoms. The van der Waals surface area contributed by atoms with Crippen molar-refractivity contribution in [2.45, 2.75) is 44.9 Å². The molecule has 2 rings (SSSR count). The Morgan fingerprint density at radius 3 is 2.33 bits per heavy atom. The third-order valence-corrected chi connectivity index (χ3v) is 3.33. The summed E-state index contributed by atoms with van der Waals surface area (Å²) >= 11 is 0. The highest BCUT2D eigenvalue weighted by Gasteiger charge is 2.20. The average molecular weight is 167 g/mol. The Kier molecular flexibility index (Phi) is 3.04. The van der Waals surface area contributed by atoms with Crippen LogP contribution in [0.1, 0.15) is 44.9 Å². The van der Waals surface area contributed by atoms with Crippen LogP contribution >= 0.6 is 0 Å². The van der Waals surface area contributed by atoms with Gasteiger partial charge in [-0.3, -0.25) is 0 Å². The van der Waals surface area contributed by atoms with Crippen LogP contribution in [-0.2, 0) is 0 Å². The van der Waals surface area contributed by atoms with E-state index >= 15 is 0 Å². The molecule has 0 spiro atoms. The van der Waals surface area contributed by atoms with Gasteiger partial charge in [0.25, 0.3) is 0 Å². The molecular weight excluding hydrogens is 146 g/mol. The van der Waals surface area contributed by atoms with Gasteiger partial charge in [-0.2, -0.15) is 0 Å². The van der Waals surface area contributed by atoms with Crippen molar-refractivity contribution >= 4 is 0 Å². The predicted molar refractivity (Wildman–Crippen MR) is 52.2 cm³/mol. The van der Waals surface area contributed by atoms with E-state index in [-0.39, 0.29) is 0 Å². The normalized spacial score (nSPS) is 25.0. The zero-order valence-electron chi connectivity index (χ0n) is 8.02. The monoisotopic (exact) mass is 167 g/mol. The molecule has 70 valence electrons. The third kappa shape index (κ3) is 2.78. The number of rotatable bonds is 5. The topological polar surface area (TPSA) is 12.0 Å². The SMILES string of the molecule is C1CCC(CNCCC2CC2)C1. The molecule has 0 atom stereocenters. The summed E-state index contributed by atoms with van der Waals surface area (Å²) in [6.45, 7) is 2.58. The molecule has 12 heavy (non-hydrogen) atoms. The molecule has 2 aliphatic rings. The summed E-state index contributed by atoms with van der Waals surface area (Å²) in [7, 11) is 0. The molecule has 0 heterocycles. The van der Waals surface area contributed by atoms with E-state index in [1.165, 1.54) is 58.0 Å². The zero-order valence-corrected chi connectivity index (χ0v) is 8.02. The minimum absolute atomic E-state index is 1.02. The van der Waals surface area contributed by atoms with Gasteiger partial charge in [-0.05, 0) is 44.2 Å². The first-order chi connectivity index (χ1) is 5.95. The van der Waals surface area contributed by atoms with Crippen molar-refractivity contribution in [1.29, 1.82) is 0 Å². The smallest absolute Gasteiger partial charge is 0.00205 e. The summed E-state index contributed by atoms with van der Waals surface area (Å²) in [5.74, 6) is 2.12. The van der Waals surface area contributed by atoms with E-state index in [0.717, 1.165) is 11.8 Å². The van der Waals surface area contributed by atoms with Crippen LogP contribution in [0.5, 0.6) is 0 Å². The maximum absolute atomic E-state index is 3.60. The summed E-state index contributed by atoms with van der Waals surface area (Å²) in [5.41, 5.74) is 0. The Labute approximate surface area is 75.9 Å². The van der Waals surface area contributed by atoms with Gasteiger partial charge in [0.05, 0.1) is 0 Å². The van der Waals surface area contributed by atoms with Crippen molar-refractivity contribution in [3.05, 3.63) is 0 Å². The number of hydrogen-bond donors (Lipinski definition) is 1. The largest absolute Gasteiger partial charge is 0.316 e. The first kappa shape index (κ1) is 8.55. The molecule has 0 amide bonds. The lowest BCUT2D eigenvalue weighted by Crippen LogP contribution is -2.22. The van der Waals surface area contributed by atoms with Crippen molar-refractivity contribution in [2.75, 3.05) is 13.1 Å². The second-order valence-corrected chi connectivity index (χ2v) is 4.59. The van der Waals surface area contributed by atoms with Gasteiger partial charge in [0.2, 0.25) is 0 Å². The lowest BCUT2D eigenvalue weighted by molar-refractivity contribution is 0.479. The van der Waals surface area contributed by atoms with Crippen LogP contribution in [0.2, 0.25) is 0 Å². The van der Waals surface area contributed by atoms with E-state index in [1.807, 2.05) is 0 Å². The molecule has 0 radical (unpaired) electrons. The van der Waals surface area contributed by atoms with E-state index in [9.17, 15) is 0 Å². The van der Waals surface area contributed by atoms with E-state index in [2.05, 4.69) is 5.32 Å². The lowest BCUT2D eigenvalue weighted by atomic mass is 10.1. The Morgan fingerprint density at radius 2 is 1.67 bits per heavy atom. The predicted octanol–water partition coefficient (Wildman–Crippen LogP) is 2.57. The van der Waals surface area contributed by atoms with Crippen LogP contribution in [0.3, 0.4) is 0 Å². The van der Waals surface area contributed by atoms with Gasteiger partial charge in [0, 0.05) is 0 Å². The highest BCUT2D eigenvalue weighted by molar-refractivity contribution is 4.75. The van der Waals surface area contributed by atoms with E-state index < -0.39 is 0 Å². The second-order valence-electron chi connectivity index (χ2n) is 4.59. The molecule has 2 aliphatic carbocycles. The van der Waals surface area contributed by atoms with Gasteiger partial charge < -0.3 is 5.32 Å². The Bertz CT molecular complexity index is 123. The number of hydrogen-bond acceptors (Lipinski definition) is 1. The minimum Gasteiger partial charge on any atom is -0.316 e. The fourth-order valence-electron chi connectivity index (χ4n) is 2.23. The van der Waals surface area contributed by atoms with Crippen molar-refractivity contribution in [3.63, 3.8) is 0 Å². The lowest BCUT2D eigenvalue weighted by Gasteiger charge is -2.09. The molecule has 0 bridgehead atoms. The quantitative estimate of drug-likeness (QED) is 0.621. The van der Waals surface area contributed by atoms with Gasteiger partial charge in [-0.25, -0.2) is 0 Å². The van der Waals surface area contributed by atoms with Crippen LogP contribution in [0.4, 0.5) is 0 Å². The number of nitrogens with one attached hydrogen (secondary N) is 1. The van der Waals surface area contributed by atoms with Gasteiger partial charge in [0.15, 0.2) is 0 Å². The molecule has 0 aromatic carbocycles. The summed E-state index contributed by atoms with van der Waals surface area (Å²) in [6, 6.07) is 0. The summed E-state index contributed by atoms with van der Waals surface area (Å²) in [4.78, 5) is 0. The fraction of sp³-hybridized carbons (Fsp3) is 1.00. The van der Waals surface area contributed by atoms with Gasteiger partial charge in [-0.15, -0.1) is 0 Å². The van der Waals surface area contributed by atoms with Crippen LogP contribution in [-0.4, -0.2) is 13.1 Å². The molecule has 0 aliphatic heterocycles. The summed E-state index contributed by atoms with van der Waals surface area (Å²) in [5, 5.41) is 3.60. The van der Waals surface area contributed by atoms with Crippen molar-refractivity contribution in [1.82, 2.24) is 5.32 Å². The van der Waals surface area contributed by atoms with Gasteiger partial charge >= 0.3 is 0 Å². The first-order valence-corrected chi connectivity index (χ1v) is 5.66. The molecule has 2 fully saturated rings. The standard InChI is InChI=1S/C11H21N/c1-2-4-11(3-1)9-12-8-7-10-5-6-10/h10-12H,1-9H2. The molecule has 1 N–H and O–H groups in total. The Hall–Kier alpha value is -0.0400. The summed E-state index contributed by atoms with van der Waals surface area (Å²) in [6.07, 6.45) is 10.4. The van der Waals surface area contributed by atoms with Crippen molar-refractivity contribution in [2.24, 2.45) is 11.8 Å². The molecular formula is C11H21N. The van der Waals surface area contributed by atoms with E-state index in [0.29, 0.717) is 0 Å². The zero-order chi connectivity index (χ0) is 8.23. The first-order valence-electron chi connectivity index (χ1n) is 5.66. The van der Waals surface area contributed by atoms with Crippen molar-refractivity contribution < 1.29 is 0 Å². The van der Waals surface area contributed by atoms with Crippen LogP contribution in [0.25, 0.3) is 0 Å². The average Bonchev–Trinajstić information content (AvgIpc) is 2.76. The Morgan fingerprint density at radius 1 is 0.917 bits per heavy atom. The fourth-order valence-corrected chi connectivity index (χ4v) is 2.23. The summed E-state index contributed by atoms with van der Waals surface area (Å²) < 4.78 is 0. The second kappa shape index (κ2) is 4.27. The van der Waals surface area contributed by atoms with Crippen LogP contribution < -0.4 is 5.32 Å². The van der Waals surface area contributed by atoms with E-state index in [1.54, 1.807) is 0 Å². The molecule has 0 unspecified atom stereocenters. The Balaban J connectivity index is 1.44. The van der Waals surface area contributed by atoms with Gasteiger partial charge in [-0.1, -0.05) is 25.7 Å². The van der Waals surface area contributed by atoms with Gasteiger partial charge in [0.1, 0.15) is 0 Å². The molecule has 0 aromatic rings. The molecule has 0 aromatic heterocycles. The highest BCUT2D eigenvalue weighted by Crippen LogP contribution is 2.31. The minimum atomic E-state index is 1.02.